The Morgan fingerprint density at radius 1 is 1.13 bits per heavy atom. The van der Waals surface area contributed by atoms with Crippen LogP contribution in [0.5, 0.6) is 0 Å². The highest BCUT2D eigenvalue weighted by atomic mass is 16.5. The molecular formula is C22H33N5O4. The van der Waals surface area contributed by atoms with Gasteiger partial charge < -0.3 is 19.4 Å². The summed E-state index contributed by atoms with van der Waals surface area (Å²) >= 11 is 0. The van der Waals surface area contributed by atoms with Crippen LogP contribution in [0, 0.1) is 5.92 Å². The number of rotatable bonds is 12. The molecule has 0 unspecified atom stereocenters. The number of nitrogens with one attached hydrogen (secondary N) is 1. The zero-order valence-electron chi connectivity index (χ0n) is 19.1. The summed E-state index contributed by atoms with van der Waals surface area (Å²) < 4.78 is 12.0. The Morgan fingerprint density at radius 3 is 2.48 bits per heavy atom. The van der Waals surface area contributed by atoms with Crippen LogP contribution in [0.4, 0.5) is 0 Å². The predicted octanol–water partition coefficient (Wildman–Crippen LogP) is 2.81. The van der Waals surface area contributed by atoms with Crippen LogP contribution < -0.4 is 5.32 Å². The molecular weight excluding hydrogens is 398 g/mol. The van der Waals surface area contributed by atoms with E-state index in [-0.39, 0.29) is 6.61 Å². The van der Waals surface area contributed by atoms with E-state index in [1.165, 1.54) is 14.0 Å². The number of esters is 2. The molecule has 2 rings (SSSR count). The van der Waals surface area contributed by atoms with Crippen molar-refractivity contribution in [2.75, 3.05) is 7.11 Å². The number of hydrogen-bond donors (Lipinski definition) is 1. The van der Waals surface area contributed by atoms with E-state index < -0.39 is 11.9 Å². The molecule has 0 aromatic carbocycles. The molecule has 0 atom stereocenters. The number of carbonyl (C=O) groups excluding carboxylic acids is 2. The standard InChI is InChI=1S/C22H33N5O4/c1-6-20-25-26-21(27(20)9-7-8-15(2)3)13-23-12-18-10-17(22(29)30-5)11-19(24-18)14-31-16(4)28/h10-11,15,23H,6-9,12-14H2,1-5H3. The average molecular weight is 432 g/mol. The fourth-order valence-electron chi connectivity index (χ4n) is 3.21. The normalized spacial score (nSPS) is 11.0. The van der Waals surface area contributed by atoms with Crippen LogP contribution in [0.2, 0.25) is 0 Å². The molecule has 0 radical (unpaired) electrons. The molecule has 0 saturated carbocycles. The highest BCUT2D eigenvalue weighted by Gasteiger charge is 2.13. The molecule has 170 valence electrons. The minimum atomic E-state index is -0.467. The van der Waals surface area contributed by atoms with Crippen LogP contribution in [0.3, 0.4) is 0 Å². The van der Waals surface area contributed by atoms with Gasteiger partial charge >= 0.3 is 11.9 Å². The van der Waals surface area contributed by atoms with Gasteiger partial charge in [-0.15, -0.1) is 10.2 Å². The van der Waals surface area contributed by atoms with Gasteiger partial charge in [-0.25, -0.2) is 4.79 Å². The minimum Gasteiger partial charge on any atom is -0.465 e. The Hall–Kier alpha value is -2.81. The number of hydrogen-bond acceptors (Lipinski definition) is 8. The van der Waals surface area contributed by atoms with Crippen molar-refractivity contribution in [3.05, 3.63) is 40.7 Å². The van der Waals surface area contributed by atoms with Crippen LogP contribution in [-0.4, -0.2) is 38.8 Å². The maximum atomic E-state index is 12.0. The van der Waals surface area contributed by atoms with Gasteiger partial charge in [-0.3, -0.25) is 9.78 Å². The summed E-state index contributed by atoms with van der Waals surface area (Å²) in [4.78, 5) is 27.6. The fraction of sp³-hybridized carbons (Fsp3) is 0.591. The largest absolute Gasteiger partial charge is 0.465 e. The van der Waals surface area contributed by atoms with Crippen molar-refractivity contribution in [3.8, 4) is 0 Å². The van der Waals surface area contributed by atoms with Crippen LogP contribution in [0.1, 0.15) is 73.9 Å². The number of carbonyl (C=O) groups is 2. The van der Waals surface area contributed by atoms with Crippen LogP contribution >= 0.6 is 0 Å². The van der Waals surface area contributed by atoms with Gasteiger partial charge in [0.2, 0.25) is 0 Å². The van der Waals surface area contributed by atoms with E-state index >= 15 is 0 Å². The third-order valence-corrected chi connectivity index (χ3v) is 4.75. The van der Waals surface area contributed by atoms with E-state index in [0.29, 0.717) is 36.0 Å². The number of nitrogens with zero attached hydrogens (tertiary/aromatic N) is 4. The van der Waals surface area contributed by atoms with Crippen molar-refractivity contribution in [1.82, 2.24) is 25.1 Å². The maximum Gasteiger partial charge on any atom is 0.337 e. The highest BCUT2D eigenvalue weighted by Crippen LogP contribution is 2.12. The van der Waals surface area contributed by atoms with E-state index in [2.05, 4.69) is 45.8 Å². The molecule has 0 saturated heterocycles. The van der Waals surface area contributed by atoms with Crippen LogP contribution in [0.25, 0.3) is 0 Å². The van der Waals surface area contributed by atoms with E-state index in [4.69, 9.17) is 9.47 Å². The number of methoxy groups -OCH3 is 1. The van der Waals surface area contributed by atoms with Gasteiger partial charge in [0.25, 0.3) is 0 Å². The zero-order chi connectivity index (χ0) is 22.8. The molecule has 2 aromatic rings. The molecule has 0 aliphatic carbocycles. The summed E-state index contributed by atoms with van der Waals surface area (Å²) in [6.45, 7) is 9.68. The quantitative estimate of drug-likeness (QED) is 0.511. The van der Waals surface area contributed by atoms with Crippen molar-refractivity contribution in [3.63, 3.8) is 0 Å². The summed E-state index contributed by atoms with van der Waals surface area (Å²) in [5.41, 5.74) is 1.49. The topological polar surface area (TPSA) is 108 Å². The molecule has 0 amide bonds. The number of aromatic nitrogens is 4. The van der Waals surface area contributed by atoms with Crippen molar-refractivity contribution >= 4 is 11.9 Å². The smallest absolute Gasteiger partial charge is 0.337 e. The molecule has 9 heteroatoms. The van der Waals surface area contributed by atoms with Gasteiger partial charge in [-0.2, -0.15) is 0 Å². The maximum absolute atomic E-state index is 12.0. The number of pyridine rings is 1. The molecule has 0 bridgehead atoms. The lowest BCUT2D eigenvalue weighted by molar-refractivity contribution is -0.142. The van der Waals surface area contributed by atoms with Crippen molar-refractivity contribution in [2.24, 2.45) is 5.92 Å². The van der Waals surface area contributed by atoms with Gasteiger partial charge in [-0.05, 0) is 30.9 Å². The van der Waals surface area contributed by atoms with Crippen LogP contribution in [0.15, 0.2) is 12.1 Å². The second kappa shape index (κ2) is 12.1. The molecule has 1 N–H and O–H groups in total. The Morgan fingerprint density at radius 2 is 1.84 bits per heavy atom. The number of aryl methyl sites for hydroxylation is 1. The lowest BCUT2D eigenvalue weighted by Crippen LogP contribution is -2.19. The zero-order valence-corrected chi connectivity index (χ0v) is 19.1. The fourth-order valence-corrected chi connectivity index (χ4v) is 3.21. The summed E-state index contributed by atoms with van der Waals surface area (Å²) in [7, 11) is 1.32. The predicted molar refractivity (Wildman–Crippen MR) is 115 cm³/mol. The summed E-state index contributed by atoms with van der Waals surface area (Å²) in [6, 6.07) is 3.23. The minimum absolute atomic E-state index is 0.00277. The molecule has 0 spiro atoms. The Labute approximate surface area is 183 Å². The first kappa shape index (κ1) is 24.5. The van der Waals surface area contributed by atoms with Crippen molar-refractivity contribution in [2.45, 2.75) is 73.2 Å². The number of ether oxygens (including phenoxy) is 2. The van der Waals surface area contributed by atoms with E-state index in [1.807, 2.05) is 0 Å². The first-order chi connectivity index (χ1) is 14.8. The molecule has 2 aromatic heterocycles. The molecule has 2 heterocycles. The molecule has 0 fully saturated rings. The summed E-state index contributed by atoms with van der Waals surface area (Å²) in [5, 5.41) is 12.0. The first-order valence-corrected chi connectivity index (χ1v) is 10.7. The molecule has 0 aliphatic heterocycles. The van der Waals surface area contributed by atoms with Crippen molar-refractivity contribution < 1.29 is 19.1 Å². The summed E-state index contributed by atoms with van der Waals surface area (Å²) in [6.07, 6.45) is 3.07. The molecule has 31 heavy (non-hydrogen) atoms. The first-order valence-electron chi connectivity index (χ1n) is 10.7. The second-order valence-electron chi connectivity index (χ2n) is 7.79. The highest BCUT2D eigenvalue weighted by molar-refractivity contribution is 5.89. The average Bonchev–Trinajstić information content (AvgIpc) is 3.13. The molecule has 0 aliphatic rings. The van der Waals surface area contributed by atoms with E-state index in [1.54, 1.807) is 12.1 Å². The monoisotopic (exact) mass is 431 g/mol. The third-order valence-electron chi connectivity index (χ3n) is 4.75. The lowest BCUT2D eigenvalue weighted by atomic mass is 10.1. The Bertz CT molecular complexity index is 879. The SMILES string of the molecule is CCc1nnc(CNCc2cc(C(=O)OC)cc(COC(C)=O)n2)n1CCCC(C)C. The van der Waals surface area contributed by atoms with Crippen LogP contribution in [-0.2, 0) is 46.9 Å². The van der Waals surface area contributed by atoms with Gasteiger partial charge in [0.15, 0.2) is 0 Å². The Kier molecular flexibility index (Phi) is 9.58. The van der Waals surface area contributed by atoms with E-state index in [0.717, 1.165) is 37.5 Å². The Balaban J connectivity index is 2.07. The van der Waals surface area contributed by atoms with E-state index in [9.17, 15) is 9.59 Å². The van der Waals surface area contributed by atoms with Crippen molar-refractivity contribution in [1.29, 1.82) is 0 Å². The van der Waals surface area contributed by atoms with Gasteiger partial charge in [0.1, 0.15) is 18.3 Å². The summed E-state index contributed by atoms with van der Waals surface area (Å²) in [5.74, 6) is 1.65. The second-order valence-corrected chi connectivity index (χ2v) is 7.79. The third kappa shape index (κ3) is 7.75. The van der Waals surface area contributed by atoms with Gasteiger partial charge in [0, 0.05) is 26.4 Å². The lowest BCUT2D eigenvalue weighted by Gasteiger charge is -2.12. The van der Waals surface area contributed by atoms with Gasteiger partial charge in [0.05, 0.1) is 30.6 Å². The van der Waals surface area contributed by atoms with Gasteiger partial charge in [-0.1, -0.05) is 20.8 Å². The molecule has 9 nitrogen and oxygen atoms in total.